The van der Waals surface area contributed by atoms with Gasteiger partial charge in [-0.3, -0.25) is 9.10 Å². The molecule has 8 heteroatoms. The zero-order valence-corrected chi connectivity index (χ0v) is 16.9. The second kappa shape index (κ2) is 8.74. The molecule has 0 unspecified atom stereocenters. The third-order valence-corrected chi connectivity index (χ3v) is 5.98. The van der Waals surface area contributed by atoms with Crippen molar-refractivity contribution in [2.24, 2.45) is 0 Å². The van der Waals surface area contributed by atoms with Gasteiger partial charge in [-0.05, 0) is 55.5 Å². The highest BCUT2D eigenvalue weighted by atomic mass is 32.2. The van der Waals surface area contributed by atoms with E-state index in [4.69, 9.17) is 4.74 Å². The van der Waals surface area contributed by atoms with Gasteiger partial charge >= 0.3 is 0 Å². The first-order valence-electron chi connectivity index (χ1n) is 8.85. The summed E-state index contributed by atoms with van der Waals surface area (Å²) in [6.07, 6.45) is 1.58. The fourth-order valence-electron chi connectivity index (χ4n) is 2.52. The van der Waals surface area contributed by atoms with Crippen LogP contribution in [0.25, 0.3) is 0 Å². The Morgan fingerprint density at radius 1 is 1.03 bits per heavy atom. The van der Waals surface area contributed by atoms with Crippen LogP contribution in [0.15, 0.2) is 77.8 Å². The first-order valence-corrected chi connectivity index (χ1v) is 10.3. The zero-order valence-electron chi connectivity index (χ0n) is 16.1. The Bertz CT molecular complexity index is 1070. The molecular formula is C21H21N3O4S. The van der Waals surface area contributed by atoms with E-state index in [0.717, 1.165) is 5.56 Å². The Labute approximate surface area is 170 Å². The monoisotopic (exact) mass is 411 g/mol. The average molecular weight is 411 g/mol. The maximum Gasteiger partial charge on any atom is 0.264 e. The average Bonchev–Trinajstić information content (AvgIpc) is 2.73. The summed E-state index contributed by atoms with van der Waals surface area (Å²) < 4.78 is 32.2. The van der Waals surface area contributed by atoms with Gasteiger partial charge in [-0.2, -0.15) is 0 Å². The van der Waals surface area contributed by atoms with Crippen LogP contribution >= 0.6 is 0 Å². The van der Waals surface area contributed by atoms with Gasteiger partial charge in [-0.1, -0.05) is 23.8 Å². The lowest BCUT2D eigenvalue weighted by molar-refractivity contribution is -0.118. The first-order chi connectivity index (χ1) is 13.9. The van der Waals surface area contributed by atoms with Gasteiger partial charge in [0.05, 0.1) is 10.6 Å². The number of benzene rings is 2. The summed E-state index contributed by atoms with van der Waals surface area (Å²) in [5.41, 5.74) is 1.47. The van der Waals surface area contributed by atoms with Crippen molar-refractivity contribution in [1.82, 2.24) is 4.98 Å². The molecule has 0 spiro atoms. The number of aryl methyl sites for hydroxylation is 1. The van der Waals surface area contributed by atoms with Crippen LogP contribution in [-0.2, 0) is 14.8 Å². The van der Waals surface area contributed by atoms with Crippen molar-refractivity contribution in [3.63, 3.8) is 0 Å². The summed E-state index contributed by atoms with van der Waals surface area (Å²) in [6.45, 7) is 1.71. The Morgan fingerprint density at radius 2 is 1.72 bits per heavy atom. The minimum absolute atomic E-state index is 0.187. The second-order valence-electron chi connectivity index (χ2n) is 6.33. The second-order valence-corrected chi connectivity index (χ2v) is 8.30. The molecule has 2 aromatic carbocycles. The molecule has 1 aromatic heterocycles. The van der Waals surface area contributed by atoms with Crippen molar-refractivity contribution in [1.29, 1.82) is 0 Å². The molecule has 3 rings (SSSR count). The van der Waals surface area contributed by atoms with Gasteiger partial charge in [-0.25, -0.2) is 13.4 Å². The summed E-state index contributed by atoms with van der Waals surface area (Å²) in [4.78, 5) is 16.1. The van der Waals surface area contributed by atoms with E-state index in [1.165, 1.54) is 11.4 Å². The number of hydrogen-bond acceptors (Lipinski definition) is 5. The number of ether oxygens (including phenoxy) is 1. The van der Waals surface area contributed by atoms with Crippen LogP contribution in [0.2, 0.25) is 0 Å². The van der Waals surface area contributed by atoms with Crippen LogP contribution < -0.4 is 14.4 Å². The van der Waals surface area contributed by atoms with Crippen molar-refractivity contribution >= 4 is 27.4 Å². The molecule has 0 radical (unpaired) electrons. The van der Waals surface area contributed by atoms with E-state index in [2.05, 4.69) is 10.3 Å². The molecule has 0 saturated carbocycles. The number of anilines is 2. The fourth-order valence-corrected chi connectivity index (χ4v) is 3.72. The Kier molecular flexibility index (Phi) is 6.13. The lowest BCUT2D eigenvalue weighted by Gasteiger charge is -2.20. The van der Waals surface area contributed by atoms with E-state index >= 15 is 0 Å². The predicted molar refractivity (Wildman–Crippen MR) is 112 cm³/mol. The maximum atomic E-state index is 12.8. The molecule has 0 fully saturated rings. The van der Waals surface area contributed by atoms with E-state index in [1.807, 2.05) is 6.92 Å². The third-order valence-electron chi connectivity index (χ3n) is 4.18. The van der Waals surface area contributed by atoms with Gasteiger partial charge < -0.3 is 10.1 Å². The van der Waals surface area contributed by atoms with E-state index < -0.39 is 10.0 Å². The molecule has 0 aliphatic carbocycles. The highest BCUT2D eigenvalue weighted by Gasteiger charge is 2.21. The number of amides is 1. The molecule has 29 heavy (non-hydrogen) atoms. The SMILES string of the molecule is Cc1ccc(S(=O)(=O)N(C)c2ccc(OCC(=O)Nc3ccccn3)cc2)cc1. The highest BCUT2D eigenvalue weighted by molar-refractivity contribution is 7.92. The standard InChI is InChI=1S/C21H21N3O4S/c1-16-6-12-19(13-7-16)29(26,27)24(2)17-8-10-18(11-9-17)28-15-21(25)23-20-5-3-4-14-22-20/h3-14H,15H2,1-2H3,(H,22,23,25). The minimum atomic E-state index is -3.66. The number of carbonyl (C=O) groups is 1. The number of nitrogens with zero attached hydrogens (tertiary/aromatic N) is 2. The van der Waals surface area contributed by atoms with Crippen molar-refractivity contribution in [3.8, 4) is 5.75 Å². The van der Waals surface area contributed by atoms with Crippen molar-refractivity contribution in [2.45, 2.75) is 11.8 Å². The van der Waals surface area contributed by atoms with Gasteiger partial charge in [0.1, 0.15) is 11.6 Å². The summed E-state index contributed by atoms with van der Waals surface area (Å²) in [7, 11) is -2.17. The minimum Gasteiger partial charge on any atom is -0.484 e. The quantitative estimate of drug-likeness (QED) is 0.645. The Balaban J connectivity index is 1.62. The normalized spacial score (nSPS) is 11.0. The van der Waals surface area contributed by atoms with Gasteiger partial charge in [0.2, 0.25) is 0 Å². The molecule has 1 amide bonds. The first kappa shape index (κ1) is 20.3. The number of rotatable bonds is 7. The highest BCUT2D eigenvalue weighted by Crippen LogP contribution is 2.24. The number of carbonyl (C=O) groups excluding carboxylic acids is 1. The molecule has 3 aromatic rings. The summed E-state index contributed by atoms with van der Waals surface area (Å²) in [5.74, 6) is 0.553. The molecule has 0 saturated heterocycles. The smallest absolute Gasteiger partial charge is 0.264 e. The van der Waals surface area contributed by atoms with Crippen LogP contribution in [0.1, 0.15) is 5.56 Å². The molecular weight excluding hydrogens is 390 g/mol. The van der Waals surface area contributed by atoms with Gasteiger partial charge in [0, 0.05) is 13.2 Å². The van der Waals surface area contributed by atoms with Crippen LogP contribution in [0.5, 0.6) is 5.75 Å². The number of pyridine rings is 1. The lowest BCUT2D eigenvalue weighted by Crippen LogP contribution is -2.26. The number of sulfonamides is 1. The van der Waals surface area contributed by atoms with Crippen LogP contribution in [-0.4, -0.2) is 33.0 Å². The fraction of sp³-hybridized carbons (Fsp3) is 0.143. The van der Waals surface area contributed by atoms with E-state index in [0.29, 0.717) is 17.3 Å². The summed E-state index contributed by atoms with van der Waals surface area (Å²) in [5, 5.41) is 2.62. The molecule has 7 nitrogen and oxygen atoms in total. The molecule has 0 bridgehead atoms. The van der Waals surface area contributed by atoms with Crippen LogP contribution in [0.3, 0.4) is 0 Å². The van der Waals surface area contributed by atoms with Crippen LogP contribution in [0.4, 0.5) is 11.5 Å². The molecule has 0 aliphatic rings. The van der Waals surface area contributed by atoms with Crippen molar-refractivity contribution in [3.05, 3.63) is 78.5 Å². The topological polar surface area (TPSA) is 88.6 Å². The van der Waals surface area contributed by atoms with E-state index in [1.54, 1.807) is 72.9 Å². The predicted octanol–water partition coefficient (Wildman–Crippen LogP) is 3.23. The Hall–Kier alpha value is -3.39. The zero-order chi connectivity index (χ0) is 20.9. The van der Waals surface area contributed by atoms with Gasteiger partial charge in [-0.15, -0.1) is 0 Å². The van der Waals surface area contributed by atoms with Gasteiger partial charge in [0.25, 0.3) is 15.9 Å². The largest absolute Gasteiger partial charge is 0.484 e. The summed E-state index contributed by atoms with van der Waals surface area (Å²) in [6, 6.07) is 18.4. The number of aromatic nitrogens is 1. The molecule has 1 N–H and O–H groups in total. The Morgan fingerprint density at radius 3 is 2.34 bits per heavy atom. The molecule has 0 atom stereocenters. The van der Waals surface area contributed by atoms with E-state index in [-0.39, 0.29) is 17.4 Å². The number of nitrogens with one attached hydrogen (secondary N) is 1. The third kappa shape index (κ3) is 5.11. The van der Waals surface area contributed by atoms with Crippen molar-refractivity contribution < 1.29 is 17.9 Å². The van der Waals surface area contributed by atoms with Crippen molar-refractivity contribution in [2.75, 3.05) is 23.3 Å². The molecule has 0 aliphatic heterocycles. The molecule has 1 heterocycles. The maximum absolute atomic E-state index is 12.8. The lowest BCUT2D eigenvalue weighted by atomic mass is 10.2. The molecule has 150 valence electrons. The van der Waals surface area contributed by atoms with E-state index in [9.17, 15) is 13.2 Å². The van der Waals surface area contributed by atoms with Crippen LogP contribution in [0, 0.1) is 6.92 Å². The van der Waals surface area contributed by atoms with Gasteiger partial charge in [0.15, 0.2) is 6.61 Å². The summed E-state index contributed by atoms with van der Waals surface area (Å²) >= 11 is 0. The number of hydrogen-bond donors (Lipinski definition) is 1.